The number of aromatic nitrogens is 1. The second-order valence-electron chi connectivity index (χ2n) is 11.4. The van der Waals surface area contributed by atoms with Gasteiger partial charge in [-0.3, -0.25) is 0 Å². The zero-order chi connectivity index (χ0) is 25.4. The van der Waals surface area contributed by atoms with E-state index in [1.807, 2.05) is 0 Å². The summed E-state index contributed by atoms with van der Waals surface area (Å²) in [4.78, 5) is 3.85. The first kappa shape index (κ1) is 21.7. The molecule has 6 aromatic rings. The van der Waals surface area contributed by atoms with E-state index in [0.29, 0.717) is 0 Å². The molecule has 0 radical (unpaired) electrons. The maximum absolute atomic E-state index is 3.85. The van der Waals surface area contributed by atoms with Gasteiger partial charge in [-0.1, -0.05) is 111 Å². The standard InChI is InChI=1S/C37H29N.H2/c1-37(2)33-16-6-5-13-29(33)32-22-25(18-20-34(32)37)24-10-7-11-26(21-24)28-14-8-15-30-31-19-17-23-9-3-4-12-27(23)35(31)38-36(28)30;/h3-16,18,20-22,38H,17,19H2,1-2H3;1H. The molecule has 1 aromatic heterocycles. The molecule has 0 aliphatic heterocycles. The lowest BCUT2D eigenvalue weighted by Gasteiger charge is -2.21. The lowest BCUT2D eigenvalue weighted by Crippen LogP contribution is -2.14. The van der Waals surface area contributed by atoms with Crippen LogP contribution < -0.4 is 0 Å². The Balaban J connectivity index is 0.00000253. The highest BCUT2D eigenvalue weighted by Gasteiger charge is 2.35. The van der Waals surface area contributed by atoms with Gasteiger partial charge in [0, 0.05) is 29.0 Å². The summed E-state index contributed by atoms with van der Waals surface area (Å²) in [6, 6.07) is 40.6. The van der Waals surface area contributed by atoms with Crippen LogP contribution in [0.25, 0.3) is 55.5 Å². The predicted octanol–water partition coefficient (Wildman–Crippen LogP) is 9.82. The maximum Gasteiger partial charge on any atom is 0.0541 e. The zero-order valence-corrected chi connectivity index (χ0v) is 21.8. The van der Waals surface area contributed by atoms with Crippen molar-refractivity contribution < 1.29 is 1.43 Å². The first-order valence-corrected chi connectivity index (χ1v) is 13.7. The van der Waals surface area contributed by atoms with Crippen LogP contribution in [0.5, 0.6) is 0 Å². The molecule has 1 N–H and O–H groups in total. The van der Waals surface area contributed by atoms with Crippen LogP contribution in [-0.4, -0.2) is 4.98 Å². The molecule has 8 rings (SSSR count). The van der Waals surface area contributed by atoms with Gasteiger partial charge < -0.3 is 4.98 Å². The topological polar surface area (TPSA) is 15.8 Å². The smallest absolute Gasteiger partial charge is 0.0541 e. The number of fused-ring (bicyclic) bond motifs is 8. The van der Waals surface area contributed by atoms with Crippen LogP contribution >= 0.6 is 0 Å². The minimum absolute atomic E-state index is 0. The Morgan fingerprint density at radius 2 is 1.29 bits per heavy atom. The molecule has 2 aliphatic rings. The normalized spacial score (nSPS) is 14.6. The Morgan fingerprint density at radius 1 is 0.579 bits per heavy atom. The van der Waals surface area contributed by atoms with Crippen LogP contribution in [0.4, 0.5) is 0 Å². The van der Waals surface area contributed by atoms with E-state index in [2.05, 4.69) is 128 Å². The van der Waals surface area contributed by atoms with Crippen molar-refractivity contribution in [2.45, 2.75) is 32.1 Å². The number of nitrogens with one attached hydrogen (secondary N) is 1. The molecule has 0 amide bonds. The van der Waals surface area contributed by atoms with E-state index in [1.165, 1.54) is 77.8 Å². The summed E-state index contributed by atoms with van der Waals surface area (Å²) in [5.74, 6) is 0. The molecule has 0 saturated heterocycles. The second-order valence-corrected chi connectivity index (χ2v) is 11.4. The molecular weight excluding hydrogens is 458 g/mol. The summed E-state index contributed by atoms with van der Waals surface area (Å²) >= 11 is 0. The minimum atomic E-state index is 0. The van der Waals surface area contributed by atoms with Crippen molar-refractivity contribution in [2.75, 3.05) is 0 Å². The molecule has 0 bridgehead atoms. The van der Waals surface area contributed by atoms with E-state index in [4.69, 9.17) is 0 Å². The molecule has 1 heteroatoms. The van der Waals surface area contributed by atoms with Crippen molar-refractivity contribution >= 4 is 10.9 Å². The zero-order valence-electron chi connectivity index (χ0n) is 21.8. The number of para-hydroxylation sites is 1. The summed E-state index contributed by atoms with van der Waals surface area (Å²) in [5, 5.41) is 1.36. The fourth-order valence-corrected chi connectivity index (χ4v) is 7.01. The Labute approximate surface area is 225 Å². The van der Waals surface area contributed by atoms with Gasteiger partial charge in [0.1, 0.15) is 0 Å². The highest BCUT2D eigenvalue weighted by molar-refractivity contribution is 6.01. The van der Waals surface area contributed by atoms with Gasteiger partial charge >= 0.3 is 0 Å². The molecule has 0 atom stereocenters. The third-order valence-electron chi connectivity index (χ3n) is 8.96. The molecule has 0 fully saturated rings. The van der Waals surface area contributed by atoms with Crippen LogP contribution in [-0.2, 0) is 18.3 Å². The summed E-state index contributed by atoms with van der Waals surface area (Å²) < 4.78 is 0. The Kier molecular flexibility index (Phi) is 4.47. The van der Waals surface area contributed by atoms with Crippen molar-refractivity contribution in [3.63, 3.8) is 0 Å². The van der Waals surface area contributed by atoms with E-state index < -0.39 is 0 Å². The Hall–Kier alpha value is -4.36. The number of hydrogen-bond acceptors (Lipinski definition) is 0. The first-order valence-electron chi connectivity index (χ1n) is 13.7. The van der Waals surface area contributed by atoms with Crippen LogP contribution in [0.3, 0.4) is 0 Å². The average molecular weight is 490 g/mol. The van der Waals surface area contributed by atoms with E-state index in [0.717, 1.165) is 12.8 Å². The second kappa shape index (κ2) is 7.82. The van der Waals surface area contributed by atoms with Crippen LogP contribution in [0, 0.1) is 0 Å². The fraction of sp³-hybridized carbons (Fsp3) is 0.135. The van der Waals surface area contributed by atoms with Gasteiger partial charge in [-0.2, -0.15) is 0 Å². The fourth-order valence-electron chi connectivity index (χ4n) is 7.01. The summed E-state index contributed by atoms with van der Waals surface area (Å²) in [6.45, 7) is 4.68. The highest BCUT2D eigenvalue weighted by atomic mass is 14.7. The van der Waals surface area contributed by atoms with Crippen molar-refractivity contribution in [1.29, 1.82) is 0 Å². The maximum atomic E-state index is 3.85. The highest BCUT2D eigenvalue weighted by Crippen LogP contribution is 2.49. The Morgan fingerprint density at radius 3 is 2.21 bits per heavy atom. The van der Waals surface area contributed by atoms with E-state index in [-0.39, 0.29) is 6.84 Å². The molecule has 0 saturated carbocycles. The third kappa shape index (κ3) is 2.99. The number of benzene rings is 5. The number of rotatable bonds is 2. The van der Waals surface area contributed by atoms with Gasteiger partial charge in [0.2, 0.25) is 0 Å². The van der Waals surface area contributed by atoms with Crippen molar-refractivity contribution in [3.8, 4) is 44.6 Å². The predicted molar refractivity (Wildman–Crippen MR) is 162 cm³/mol. The van der Waals surface area contributed by atoms with Gasteiger partial charge in [0.25, 0.3) is 0 Å². The number of aromatic amines is 1. The first-order chi connectivity index (χ1) is 18.6. The van der Waals surface area contributed by atoms with Gasteiger partial charge in [-0.15, -0.1) is 0 Å². The van der Waals surface area contributed by atoms with Crippen LogP contribution in [0.1, 0.15) is 37.5 Å². The van der Waals surface area contributed by atoms with Gasteiger partial charge in [-0.05, 0) is 75.0 Å². The quantitative estimate of drug-likeness (QED) is 0.249. The van der Waals surface area contributed by atoms with E-state index >= 15 is 0 Å². The minimum Gasteiger partial charge on any atom is -0.354 e. The molecule has 2 aliphatic carbocycles. The van der Waals surface area contributed by atoms with Crippen LogP contribution in [0.15, 0.2) is 109 Å². The molecule has 0 spiro atoms. The van der Waals surface area contributed by atoms with Crippen LogP contribution in [0.2, 0.25) is 0 Å². The number of H-pyrrole nitrogens is 1. The SMILES string of the molecule is CC1(C)c2ccccc2-c2cc(-c3cccc(-c4cccc5c6c([nH]c45)-c4ccccc4CC6)c3)ccc21.[HH]. The molecule has 38 heavy (non-hydrogen) atoms. The van der Waals surface area contributed by atoms with E-state index in [1.54, 1.807) is 0 Å². The summed E-state index contributed by atoms with van der Waals surface area (Å²) in [7, 11) is 0. The van der Waals surface area contributed by atoms with Gasteiger partial charge in [-0.25, -0.2) is 0 Å². The number of aryl methyl sites for hydroxylation is 2. The Bertz CT molecular complexity index is 1910. The van der Waals surface area contributed by atoms with Crippen molar-refractivity contribution in [3.05, 3.63) is 131 Å². The van der Waals surface area contributed by atoms with Gasteiger partial charge in [0.05, 0.1) is 5.52 Å². The molecule has 0 unspecified atom stereocenters. The molecule has 184 valence electrons. The van der Waals surface area contributed by atoms with Crippen molar-refractivity contribution in [1.82, 2.24) is 4.98 Å². The third-order valence-corrected chi connectivity index (χ3v) is 8.96. The summed E-state index contributed by atoms with van der Waals surface area (Å²) in [6.07, 6.45) is 2.19. The number of hydrogen-bond donors (Lipinski definition) is 1. The molecular formula is C37H31N. The monoisotopic (exact) mass is 489 g/mol. The lowest BCUT2D eigenvalue weighted by atomic mass is 9.82. The summed E-state index contributed by atoms with van der Waals surface area (Å²) in [5.41, 5.74) is 17.4. The largest absolute Gasteiger partial charge is 0.354 e. The lowest BCUT2D eigenvalue weighted by molar-refractivity contribution is 0.660. The molecule has 1 heterocycles. The average Bonchev–Trinajstić information content (AvgIpc) is 3.46. The van der Waals surface area contributed by atoms with E-state index in [9.17, 15) is 0 Å². The van der Waals surface area contributed by atoms with Crippen molar-refractivity contribution in [2.24, 2.45) is 0 Å². The molecule has 1 nitrogen and oxygen atoms in total. The molecule has 5 aromatic carbocycles. The van der Waals surface area contributed by atoms with Gasteiger partial charge in [0.15, 0.2) is 0 Å².